The summed E-state index contributed by atoms with van der Waals surface area (Å²) in [6.45, 7) is 9.81. The summed E-state index contributed by atoms with van der Waals surface area (Å²) in [6.07, 6.45) is 12.0. The Morgan fingerprint density at radius 1 is 0.889 bits per heavy atom. The third kappa shape index (κ3) is 3.48. The molecule has 0 aromatic heterocycles. The minimum Gasteiger partial charge on any atom is -0.269 e. The maximum atomic E-state index is 2.58. The molecule has 0 N–H and O–H groups in total. The maximum absolute atomic E-state index is 2.58. The summed E-state index contributed by atoms with van der Waals surface area (Å²) < 4.78 is 3.81. The van der Waals surface area contributed by atoms with E-state index in [4.69, 9.17) is 0 Å². The van der Waals surface area contributed by atoms with Crippen molar-refractivity contribution in [1.29, 1.82) is 0 Å². The molecule has 0 saturated heterocycles. The molecule has 4 heteroatoms. The summed E-state index contributed by atoms with van der Waals surface area (Å²) in [6, 6.07) is 0. The Balaban J connectivity index is 0.00000144. The van der Waals surface area contributed by atoms with Gasteiger partial charge < -0.3 is 0 Å². The molecule has 0 radical (unpaired) electrons. The van der Waals surface area contributed by atoms with E-state index in [0.29, 0.717) is 0 Å². The second kappa shape index (κ2) is 7.49. The summed E-state index contributed by atoms with van der Waals surface area (Å²) in [5.74, 6) is -0.468. The van der Waals surface area contributed by atoms with E-state index in [1.54, 1.807) is 11.1 Å². The predicted octanol–water partition coefficient (Wildman–Crippen LogP) is 4.36. The van der Waals surface area contributed by atoms with E-state index >= 15 is 0 Å². The normalized spacial score (nSPS) is 17.4. The fourth-order valence-corrected chi connectivity index (χ4v) is 23.6. The predicted molar refractivity (Wildman–Crippen MR) is 76.8 cm³/mol. The van der Waals surface area contributed by atoms with Gasteiger partial charge in [0.2, 0.25) is 0 Å². The van der Waals surface area contributed by atoms with Crippen LogP contribution in [0.1, 0.15) is 26.7 Å². The molecule has 0 saturated carbocycles. The summed E-state index contributed by atoms with van der Waals surface area (Å²) in [5.41, 5.74) is 3.23. The Labute approximate surface area is 118 Å². The zero-order valence-electron chi connectivity index (χ0n) is 11.6. The molecular weight excluding hydrogens is 325 g/mol. The smallest absolute Gasteiger partial charge is 0.269 e. The molecule has 0 aliphatic heterocycles. The molecule has 0 amide bonds. The molecule has 2 aliphatic carbocycles. The van der Waals surface area contributed by atoms with E-state index in [1.165, 1.54) is 12.8 Å². The molecule has 0 atom stereocenters. The monoisotopic (exact) mass is 347 g/mol. The van der Waals surface area contributed by atoms with E-state index in [-0.39, 0.29) is 9.41 Å². The van der Waals surface area contributed by atoms with Crippen molar-refractivity contribution in [2.75, 3.05) is 0 Å². The van der Waals surface area contributed by atoms with Crippen LogP contribution in [0.15, 0.2) is 42.0 Å². The van der Waals surface area contributed by atoms with Crippen molar-refractivity contribution < 1.29 is 30.3 Å². The van der Waals surface area contributed by atoms with Gasteiger partial charge in [-0.1, -0.05) is 0 Å². The third-order valence-electron chi connectivity index (χ3n) is 3.56. The molecule has 0 unspecified atom stereocenters. The number of hydrogen-bond acceptors (Lipinski definition) is 0. The first-order valence-electron chi connectivity index (χ1n) is 6.21. The van der Waals surface area contributed by atoms with Gasteiger partial charge >= 0.3 is 109 Å². The second-order valence-electron chi connectivity index (χ2n) is 5.10. The summed E-state index contributed by atoms with van der Waals surface area (Å²) in [5, 5.41) is 0. The second-order valence-corrected chi connectivity index (χ2v) is 24.3. The maximum Gasteiger partial charge on any atom is -0.269 e. The van der Waals surface area contributed by atoms with Gasteiger partial charge in [0.25, 0.3) is 0 Å². The van der Waals surface area contributed by atoms with Crippen molar-refractivity contribution in [3.8, 4) is 0 Å². The topological polar surface area (TPSA) is 0 Å². The van der Waals surface area contributed by atoms with Gasteiger partial charge in [0.1, 0.15) is 0 Å². The Morgan fingerprint density at radius 3 is 1.50 bits per heavy atom. The van der Waals surface area contributed by atoms with Gasteiger partial charge in [0.15, 0.2) is 0 Å². The largest absolute Gasteiger partial charge is 0.269 e. The Morgan fingerprint density at radius 2 is 1.28 bits per heavy atom. The van der Waals surface area contributed by atoms with E-state index in [9.17, 15) is 0 Å². The molecule has 0 heterocycles. The molecule has 2 rings (SSSR count). The van der Waals surface area contributed by atoms with Crippen molar-refractivity contribution in [1.82, 2.24) is 0 Å². The first kappa shape index (κ1) is 17.9. The van der Waals surface area contributed by atoms with Crippen LogP contribution in [0.2, 0.25) is 13.1 Å². The molecule has 0 bridgehead atoms. The fourth-order valence-electron chi connectivity index (χ4n) is 2.75. The van der Waals surface area contributed by atoms with Crippen molar-refractivity contribution in [3.05, 3.63) is 42.0 Å². The van der Waals surface area contributed by atoms with Crippen LogP contribution in [0.5, 0.6) is 0 Å². The minimum absolute atomic E-state index is 0. The van der Waals surface area contributed by atoms with Gasteiger partial charge in [-0.25, -0.2) is 0 Å². The van der Waals surface area contributed by atoms with Crippen LogP contribution in [0.25, 0.3) is 0 Å². The van der Waals surface area contributed by atoms with Crippen molar-refractivity contribution >= 4 is 5.92 Å². The van der Waals surface area contributed by atoms with Crippen molar-refractivity contribution in [2.24, 2.45) is 0 Å². The van der Waals surface area contributed by atoms with E-state index in [0.717, 1.165) is 0 Å². The number of rotatable bonds is 3. The summed E-state index contributed by atoms with van der Waals surface area (Å²) >= 11 is -1.40. The molecule has 0 aromatic carbocycles. The van der Waals surface area contributed by atoms with E-state index in [2.05, 4.69) is 51.2 Å². The van der Waals surface area contributed by atoms with Gasteiger partial charge in [0.05, 0.1) is 0 Å². The number of hydrogen-bond donors (Lipinski definition) is 0. The molecule has 101 valence electrons. The average Bonchev–Trinajstić information content (AvgIpc) is 2.79. The molecule has 2 aliphatic rings. The van der Waals surface area contributed by atoms with Gasteiger partial charge in [-0.05, 0) is 0 Å². The quantitative estimate of drug-likeness (QED) is 0.665. The van der Waals surface area contributed by atoms with Crippen LogP contribution in [0, 0.1) is 0 Å². The first-order chi connectivity index (χ1) is 7.61. The average molecular weight is 349 g/mol. The standard InChI is InChI=1S/2C6H7.C2H7Si.2FH.Zr/c2*1-6-4-2-3-5-6;1-3-2;;;/h2*2,4H,3H2,1H3;3H,1-2H3;2*1H;. The van der Waals surface area contributed by atoms with Crippen LogP contribution < -0.4 is 0 Å². The van der Waals surface area contributed by atoms with E-state index < -0.39 is 26.8 Å². The van der Waals surface area contributed by atoms with E-state index in [1.807, 2.05) is 6.56 Å². The Kier molecular flexibility index (Phi) is 7.46. The third-order valence-corrected chi connectivity index (χ3v) is 23.5. The zero-order valence-corrected chi connectivity index (χ0v) is 15.2. The molecule has 0 fully saturated rings. The molecule has 0 nitrogen and oxygen atoms in total. The van der Waals surface area contributed by atoms with Crippen LogP contribution in [-0.4, -0.2) is 5.92 Å². The SMILES string of the molecule is CC1=[C]([Zr]([C]2=C(C)C=CC2)[SiH](C)C)CC=C1.F.F. The van der Waals surface area contributed by atoms with Gasteiger partial charge in [0, 0.05) is 0 Å². The van der Waals surface area contributed by atoms with Crippen LogP contribution in [0.3, 0.4) is 0 Å². The molecule has 0 aromatic rings. The van der Waals surface area contributed by atoms with Gasteiger partial charge in [-0.3, -0.25) is 9.41 Å². The summed E-state index contributed by atoms with van der Waals surface area (Å²) in [7, 11) is 0. The van der Waals surface area contributed by atoms with Gasteiger partial charge in [-0.2, -0.15) is 0 Å². The fraction of sp³-hybridized carbons (Fsp3) is 0.429. The summed E-state index contributed by atoms with van der Waals surface area (Å²) in [4.78, 5) is 0. The number of allylic oxidation sites excluding steroid dienone is 8. The molecular formula is C14H23F2SiZr. The molecule has 0 spiro atoms. The molecule has 18 heavy (non-hydrogen) atoms. The van der Waals surface area contributed by atoms with Crippen molar-refractivity contribution in [2.45, 2.75) is 39.8 Å². The Hall–Kier alpha value is -0.0800. The Bertz CT molecular complexity index is 384. The zero-order chi connectivity index (χ0) is 11.7. The minimum atomic E-state index is -1.40. The van der Waals surface area contributed by atoms with Gasteiger partial charge in [-0.15, -0.1) is 0 Å². The first-order valence-corrected chi connectivity index (χ1v) is 15.8. The van der Waals surface area contributed by atoms with Crippen LogP contribution in [0.4, 0.5) is 9.41 Å². The van der Waals surface area contributed by atoms with Crippen molar-refractivity contribution in [3.63, 3.8) is 0 Å². The van der Waals surface area contributed by atoms with Crippen LogP contribution >= 0.6 is 0 Å². The van der Waals surface area contributed by atoms with Crippen LogP contribution in [-0.2, 0) is 20.9 Å². The number of halogens is 2.